The second-order valence-corrected chi connectivity index (χ2v) is 9.05. The van der Waals surface area contributed by atoms with Crippen molar-refractivity contribution in [3.8, 4) is 0 Å². The van der Waals surface area contributed by atoms with Gasteiger partial charge in [-0.2, -0.15) is 4.31 Å². The quantitative estimate of drug-likeness (QED) is 0.755. The lowest BCUT2D eigenvalue weighted by Crippen LogP contribution is -2.29. The molecule has 2 aromatic rings. The van der Waals surface area contributed by atoms with Crippen molar-refractivity contribution < 1.29 is 8.42 Å². The first-order chi connectivity index (χ1) is 9.45. The van der Waals surface area contributed by atoms with E-state index in [1.54, 1.807) is 0 Å². The van der Waals surface area contributed by atoms with E-state index in [4.69, 9.17) is 11.6 Å². The molecule has 1 aromatic carbocycles. The molecule has 0 aliphatic carbocycles. The maximum Gasteiger partial charge on any atom is 0.252 e. The molecular formula is C13H13BrClNO2S2. The highest BCUT2D eigenvalue weighted by Gasteiger charge is 2.26. The van der Waals surface area contributed by atoms with Crippen molar-refractivity contribution in [2.75, 3.05) is 6.54 Å². The number of halogens is 2. The van der Waals surface area contributed by atoms with Crippen LogP contribution in [0.5, 0.6) is 0 Å². The molecule has 3 nitrogen and oxygen atoms in total. The summed E-state index contributed by atoms with van der Waals surface area (Å²) >= 11 is 10.3. The average Bonchev–Trinajstić information content (AvgIpc) is 2.78. The maximum absolute atomic E-state index is 12.6. The van der Waals surface area contributed by atoms with Crippen LogP contribution in [0.4, 0.5) is 0 Å². The first kappa shape index (κ1) is 16.0. The van der Waals surface area contributed by atoms with Gasteiger partial charge in [0.2, 0.25) is 0 Å². The van der Waals surface area contributed by atoms with Crippen molar-refractivity contribution in [2.45, 2.75) is 17.7 Å². The second kappa shape index (κ2) is 6.58. The summed E-state index contributed by atoms with van der Waals surface area (Å²) in [5, 5.41) is 0.421. The van der Waals surface area contributed by atoms with E-state index in [1.807, 2.05) is 37.3 Å². The Hall–Kier alpha value is -0.400. The largest absolute Gasteiger partial charge is 0.252 e. The molecule has 0 saturated carbocycles. The summed E-state index contributed by atoms with van der Waals surface area (Å²) in [7, 11) is -3.51. The van der Waals surface area contributed by atoms with Gasteiger partial charge < -0.3 is 0 Å². The first-order valence-corrected chi connectivity index (χ1v) is 9.36. The van der Waals surface area contributed by atoms with E-state index < -0.39 is 10.0 Å². The molecule has 1 heterocycles. The van der Waals surface area contributed by atoms with Crippen LogP contribution in [-0.4, -0.2) is 19.3 Å². The fourth-order valence-electron chi connectivity index (χ4n) is 1.73. The molecular weight excluding hydrogens is 382 g/mol. The number of hydrogen-bond donors (Lipinski definition) is 0. The standard InChI is InChI=1S/C13H13BrClNO2S2/c1-2-16(9-10-6-4-3-5-7-10)20(17,18)12-8-11(15)13(14)19-12/h3-8H,2,9H2,1H3. The number of sulfonamides is 1. The van der Waals surface area contributed by atoms with Gasteiger partial charge in [-0.3, -0.25) is 0 Å². The van der Waals surface area contributed by atoms with Gasteiger partial charge in [-0.25, -0.2) is 8.42 Å². The van der Waals surface area contributed by atoms with E-state index in [2.05, 4.69) is 15.9 Å². The smallest absolute Gasteiger partial charge is 0.206 e. The Bertz CT molecular complexity index is 666. The Balaban J connectivity index is 2.30. The lowest BCUT2D eigenvalue weighted by atomic mass is 10.2. The zero-order valence-electron chi connectivity index (χ0n) is 10.7. The summed E-state index contributed by atoms with van der Waals surface area (Å²) < 4.78 is 27.5. The molecule has 0 saturated heterocycles. The third-order valence-corrected chi connectivity index (χ3v) is 7.62. The fourth-order valence-corrected chi connectivity index (χ4v) is 5.73. The van der Waals surface area contributed by atoms with E-state index in [0.29, 0.717) is 21.9 Å². The molecule has 108 valence electrons. The molecule has 0 N–H and O–H groups in total. The number of benzene rings is 1. The highest BCUT2D eigenvalue weighted by molar-refractivity contribution is 9.11. The zero-order chi connectivity index (χ0) is 14.8. The van der Waals surface area contributed by atoms with Crippen LogP contribution in [-0.2, 0) is 16.6 Å². The second-order valence-electron chi connectivity index (χ2n) is 4.10. The maximum atomic E-state index is 12.6. The molecule has 0 bridgehead atoms. The van der Waals surface area contributed by atoms with Crippen molar-refractivity contribution in [2.24, 2.45) is 0 Å². The number of nitrogens with zero attached hydrogens (tertiary/aromatic N) is 1. The van der Waals surface area contributed by atoms with Crippen LogP contribution < -0.4 is 0 Å². The zero-order valence-corrected chi connectivity index (χ0v) is 14.7. The molecule has 0 aliphatic heterocycles. The van der Waals surface area contributed by atoms with Gasteiger partial charge in [-0.15, -0.1) is 11.3 Å². The van der Waals surface area contributed by atoms with Crippen LogP contribution >= 0.6 is 38.9 Å². The van der Waals surface area contributed by atoms with Crippen LogP contribution in [0.3, 0.4) is 0 Å². The predicted octanol–water partition coefficient (Wildman–Crippen LogP) is 4.37. The van der Waals surface area contributed by atoms with E-state index in [1.165, 1.54) is 10.4 Å². The summed E-state index contributed by atoms with van der Waals surface area (Å²) in [4.78, 5) is 0. The van der Waals surface area contributed by atoms with E-state index in [-0.39, 0.29) is 4.21 Å². The van der Waals surface area contributed by atoms with Crippen molar-refractivity contribution >= 4 is 48.9 Å². The van der Waals surface area contributed by atoms with Crippen molar-refractivity contribution in [3.63, 3.8) is 0 Å². The Labute approximate surface area is 136 Å². The fraction of sp³-hybridized carbons (Fsp3) is 0.231. The van der Waals surface area contributed by atoms with Crippen LogP contribution in [0.15, 0.2) is 44.4 Å². The van der Waals surface area contributed by atoms with Crippen LogP contribution in [0, 0.1) is 0 Å². The average molecular weight is 395 g/mol. The van der Waals surface area contributed by atoms with Gasteiger partial charge in [0.1, 0.15) is 4.21 Å². The van der Waals surface area contributed by atoms with Gasteiger partial charge >= 0.3 is 0 Å². The molecule has 1 aromatic heterocycles. The summed E-state index contributed by atoms with van der Waals surface area (Å²) in [5.41, 5.74) is 0.958. The minimum absolute atomic E-state index is 0.257. The Kier molecular flexibility index (Phi) is 5.25. The van der Waals surface area contributed by atoms with Crippen LogP contribution in [0.1, 0.15) is 12.5 Å². The highest BCUT2D eigenvalue weighted by atomic mass is 79.9. The van der Waals surface area contributed by atoms with E-state index in [0.717, 1.165) is 16.9 Å². The first-order valence-electron chi connectivity index (χ1n) is 5.94. The highest BCUT2D eigenvalue weighted by Crippen LogP contribution is 2.36. The molecule has 0 spiro atoms. The summed E-state index contributed by atoms with van der Waals surface area (Å²) in [6.45, 7) is 2.59. The molecule has 0 radical (unpaired) electrons. The van der Waals surface area contributed by atoms with Crippen molar-refractivity contribution in [1.29, 1.82) is 0 Å². The van der Waals surface area contributed by atoms with Gasteiger partial charge in [0, 0.05) is 13.1 Å². The Morgan fingerprint density at radius 1 is 1.30 bits per heavy atom. The normalized spacial score (nSPS) is 12.0. The molecule has 0 unspecified atom stereocenters. The minimum Gasteiger partial charge on any atom is -0.206 e. The van der Waals surface area contributed by atoms with E-state index >= 15 is 0 Å². The SMILES string of the molecule is CCN(Cc1ccccc1)S(=O)(=O)c1cc(Cl)c(Br)s1. The molecule has 0 atom stereocenters. The monoisotopic (exact) mass is 393 g/mol. The minimum atomic E-state index is -3.51. The van der Waals surface area contributed by atoms with Crippen molar-refractivity contribution in [3.05, 3.63) is 50.8 Å². The number of hydrogen-bond acceptors (Lipinski definition) is 3. The van der Waals surface area contributed by atoms with Crippen molar-refractivity contribution in [1.82, 2.24) is 4.31 Å². The van der Waals surface area contributed by atoms with Gasteiger partial charge in [0.15, 0.2) is 0 Å². The van der Waals surface area contributed by atoms with Gasteiger partial charge in [0.05, 0.1) is 8.81 Å². The summed E-state index contributed by atoms with van der Waals surface area (Å²) in [6.07, 6.45) is 0. The molecule has 20 heavy (non-hydrogen) atoms. The third kappa shape index (κ3) is 3.43. The molecule has 0 fully saturated rings. The lowest BCUT2D eigenvalue weighted by molar-refractivity contribution is 0.425. The van der Waals surface area contributed by atoms with Gasteiger partial charge in [0.25, 0.3) is 10.0 Å². The Morgan fingerprint density at radius 3 is 2.45 bits per heavy atom. The predicted molar refractivity (Wildman–Crippen MR) is 86.7 cm³/mol. The molecule has 0 aliphatic rings. The van der Waals surface area contributed by atoms with Gasteiger partial charge in [-0.1, -0.05) is 48.9 Å². The number of thiophene rings is 1. The van der Waals surface area contributed by atoms with Gasteiger partial charge in [-0.05, 0) is 27.6 Å². The third-order valence-electron chi connectivity index (χ3n) is 2.77. The molecule has 7 heteroatoms. The van der Waals surface area contributed by atoms with Crippen LogP contribution in [0.2, 0.25) is 5.02 Å². The van der Waals surface area contributed by atoms with Crippen LogP contribution in [0.25, 0.3) is 0 Å². The summed E-state index contributed by atoms with van der Waals surface area (Å²) in [6, 6.07) is 11.0. The summed E-state index contributed by atoms with van der Waals surface area (Å²) in [5.74, 6) is 0. The molecule has 2 rings (SSSR count). The lowest BCUT2D eigenvalue weighted by Gasteiger charge is -2.19. The number of rotatable bonds is 5. The van der Waals surface area contributed by atoms with E-state index in [9.17, 15) is 8.42 Å². The molecule has 0 amide bonds. The topological polar surface area (TPSA) is 37.4 Å². The Morgan fingerprint density at radius 2 is 1.95 bits per heavy atom.